The molecule has 3 unspecified atom stereocenters. The Labute approximate surface area is 200 Å². The van der Waals surface area contributed by atoms with E-state index in [1.165, 1.54) is 12.8 Å². The third kappa shape index (κ3) is 4.48. The molecule has 0 radical (unpaired) electrons. The Hall–Kier alpha value is -3.44. The molecule has 3 atom stereocenters. The lowest BCUT2D eigenvalue weighted by molar-refractivity contribution is 0.152. The molecule has 5 rings (SSSR count). The summed E-state index contributed by atoms with van der Waals surface area (Å²) >= 11 is 0. The number of aromatic hydroxyl groups is 2. The maximum Gasteiger partial charge on any atom is 0.150 e. The molecule has 3 aromatic rings. The number of fused-ring (bicyclic) bond motifs is 1. The molecule has 0 spiro atoms. The van der Waals surface area contributed by atoms with Gasteiger partial charge in [-0.25, -0.2) is 0 Å². The second kappa shape index (κ2) is 9.43. The van der Waals surface area contributed by atoms with E-state index in [0.29, 0.717) is 6.04 Å². The highest BCUT2D eigenvalue weighted by atomic mass is 16.5. The summed E-state index contributed by atoms with van der Waals surface area (Å²) in [5, 5.41) is 23.7. The molecule has 3 N–H and O–H groups in total. The molecule has 3 aromatic carbocycles. The minimum atomic E-state index is -0.356. The first-order valence-electron chi connectivity index (χ1n) is 12.0. The highest BCUT2D eigenvalue weighted by Crippen LogP contribution is 2.47. The molecule has 176 valence electrons. The average Bonchev–Trinajstić information content (AvgIpc) is 2.85. The second-order valence-electron chi connectivity index (χ2n) is 9.22. The van der Waals surface area contributed by atoms with Crippen LogP contribution >= 0.6 is 0 Å². The summed E-state index contributed by atoms with van der Waals surface area (Å²) in [7, 11) is 0. The third-order valence-corrected chi connectivity index (χ3v) is 6.86. The Balaban J connectivity index is 1.47. The molecule has 0 amide bonds. The molecule has 2 aliphatic heterocycles. The maximum absolute atomic E-state index is 10.1. The Morgan fingerprint density at radius 2 is 1.76 bits per heavy atom. The van der Waals surface area contributed by atoms with Gasteiger partial charge in [-0.3, -0.25) is 0 Å². The molecule has 0 aliphatic carbocycles. The van der Waals surface area contributed by atoms with Crippen molar-refractivity contribution in [2.75, 3.05) is 6.54 Å². The Kier molecular flexibility index (Phi) is 6.20. The summed E-state index contributed by atoms with van der Waals surface area (Å²) in [6, 6.07) is 20.8. The maximum atomic E-state index is 10.1. The first-order valence-corrected chi connectivity index (χ1v) is 12.0. The number of piperidine rings is 1. The van der Waals surface area contributed by atoms with Crippen LogP contribution in [0.1, 0.15) is 55.9 Å². The van der Waals surface area contributed by atoms with Crippen LogP contribution in [0.4, 0.5) is 0 Å². The highest BCUT2D eigenvalue weighted by Gasteiger charge is 2.30. The number of phenols is 2. The molecule has 34 heavy (non-hydrogen) atoms. The number of ether oxygens (including phenoxy) is 2. The zero-order valence-electron chi connectivity index (χ0n) is 19.6. The van der Waals surface area contributed by atoms with E-state index in [2.05, 4.69) is 12.2 Å². The molecule has 0 saturated carbocycles. The molecule has 5 nitrogen and oxygen atoms in total. The number of hydrogen-bond donors (Lipinski definition) is 3. The number of phenolic OH excluding ortho intramolecular Hbond substituents is 2. The topological polar surface area (TPSA) is 71.0 Å². The Morgan fingerprint density at radius 1 is 0.971 bits per heavy atom. The van der Waals surface area contributed by atoms with E-state index in [1.54, 1.807) is 30.3 Å². The third-order valence-electron chi connectivity index (χ3n) is 6.86. The largest absolute Gasteiger partial charge is 0.508 e. The summed E-state index contributed by atoms with van der Waals surface area (Å²) in [5.74, 6) is 1.96. The van der Waals surface area contributed by atoms with Crippen molar-refractivity contribution in [2.45, 2.75) is 51.4 Å². The lowest BCUT2D eigenvalue weighted by Gasteiger charge is -2.31. The molecule has 1 fully saturated rings. The fraction of sp³-hybridized carbons (Fsp3) is 0.310. The number of benzene rings is 3. The van der Waals surface area contributed by atoms with Crippen molar-refractivity contribution in [3.8, 4) is 23.0 Å². The van der Waals surface area contributed by atoms with Gasteiger partial charge in [-0.2, -0.15) is 0 Å². The van der Waals surface area contributed by atoms with Crippen LogP contribution in [0, 0.1) is 0 Å². The standard InChI is InChI=1S/C29H31NO4/c1-18-25-17-23(32)11-14-27(25)34-29(28(18)21-6-5-7-22(31)16-21)20-9-12-24(13-10-20)33-19(2)26-8-3-4-15-30-26/h5-7,9-14,16-17,19,26,29-32H,3-4,8,15H2,1-2H3. The van der Waals surface area contributed by atoms with Gasteiger partial charge >= 0.3 is 0 Å². The van der Waals surface area contributed by atoms with Crippen LogP contribution in [-0.2, 0) is 0 Å². The summed E-state index contributed by atoms with van der Waals surface area (Å²) in [5.41, 5.74) is 4.69. The normalized spacial score (nSPS) is 20.9. The monoisotopic (exact) mass is 457 g/mol. The van der Waals surface area contributed by atoms with Crippen molar-refractivity contribution >= 4 is 11.1 Å². The van der Waals surface area contributed by atoms with Crippen molar-refractivity contribution < 1.29 is 19.7 Å². The van der Waals surface area contributed by atoms with Crippen LogP contribution in [0.25, 0.3) is 11.1 Å². The Bertz CT molecular complexity index is 1200. The number of rotatable bonds is 5. The summed E-state index contributed by atoms with van der Waals surface area (Å²) in [6.45, 7) is 5.21. The van der Waals surface area contributed by atoms with Gasteiger partial charge < -0.3 is 25.0 Å². The lowest BCUT2D eigenvalue weighted by Crippen LogP contribution is -2.44. The predicted octanol–water partition coefficient (Wildman–Crippen LogP) is 6.07. The van der Waals surface area contributed by atoms with E-state index in [1.807, 2.05) is 43.3 Å². The van der Waals surface area contributed by atoms with E-state index < -0.39 is 0 Å². The summed E-state index contributed by atoms with van der Waals surface area (Å²) in [6.07, 6.45) is 3.36. The van der Waals surface area contributed by atoms with Gasteiger partial charge in [-0.15, -0.1) is 0 Å². The second-order valence-corrected chi connectivity index (χ2v) is 9.22. The van der Waals surface area contributed by atoms with Gasteiger partial charge in [0.2, 0.25) is 0 Å². The SMILES string of the molecule is CC1=C(c2cccc(O)c2)C(c2ccc(OC(C)C3CCCCN3)cc2)Oc2ccc(O)cc21. The van der Waals surface area contributed by atoms with Gasteiger partial charge in [-0.1, -0.05) is 30.7 Å². The summed E-state index contributed by atoms with van der Waals surface area (Å²) in [4.78, 5) is 0. The van der Waals surface area contributed by atoms with Crippen molar-refractivity contribution in [1.82, 2.24) is 5.32 Å². The minimum absolute atomic E-state index is 0.0987. The summed E-state index contributed by atoms with van der Waals surface area (Å²) < 4.78 is 12.7. The molecule has 2 aliphatic rings. The zero-order chi connectivity index (χ0) is 23.7. The lowest BCUT2D eigenvalue weighted by atomic mass is 9.86. The van der Waals surface area contributed by atoms with Crippen molar-refractivity contribution in [2.24, 2.45) is 0 Å². The molecule has 5 heteroatoms. The van der Waals surface area contributed by atoms with Gasteiger partial charge in [-0.05, 0) is 92.4 Å². The van der Waals surface area contributed by atoms with E-state index in [9.17, 15) is 10.2 Å². The molecule has 0 aromatic heterocycles. The fourth-order valence-corrected chi connectivity index (χ4v) is 5.01. The molecule has 2 heterocycles. The number of hydrogen-bond acceptors (Lipinski definition) is 5. The highest BCUT2D eigenvalue weighted by molar-refractivity contribution is 5.95. The molecule has 0 bridgehead atoms. The zero-order valence-corrected chi connectivity index (χ0v) is 19.6. The quantitative estimate of drug-likeness (QED) is 0.434. The van der Waals surface area contributed by atoms with E-state index in [4.69, 9.17) is 9.47 Å². The van der Waals surface area contributed by atoms with Gasteiger partial charge in [0.15, 0.2) is 0 Å². The predicted molar refractivity (Wildman–Crippen MR) is 134 cm³/mol. The van der Waals surface area contributed by atoms with Crippen molar-refractivity contribution in [1.29, 1.82) is 0 Å². The van der Waals surface area contributed by atoms with Crippen LogP contribution < -0.4 is 14.8 Å². The van der Waals surface area contributed by atoms with E-state index >= 15 is 0 Å². The molecule has 1 saturated heterocycles. The van der Waals surface area contributed by atoms with Crippen LogP contribution in [0.15, 0.2) is 66.7 Å². The Morgan fingerprint density at radius 3 is 2.50 bits per heavy atom. The molecular formula is C29H31NO4. The smallest absolute Gasteiger partial charge is 0.150 e. The van der Waals surface area contributed by atoms with Gasteiger partial charge in [0.05, 0.1) is 0 Å². The van der Waals surface area contributed by atoms with Crippen molar-refractivity contribution in [3.63, 3.8) is 0 Å². The van der Waals surface area contributed by atoms with Gasteiger partial charge in [0, 0.05) is 17.2 Å². The molecular weight excluding hydrogens is 426 g/mol. The van der Waals surface area contributed by atoms with Crippen molar-refractivity contribution in [3.05, 3.63) is 83.4 Å². The van der Waals surface area contributed by atoms with E-state index in [-0.39, 0.29) is 23.7 Å². The van der Waals surface area contributed by atoms with Crippen LogP contribution in [-0.4, -0.2) is 28.9 Å². The van der Waals surface area contributed by atoms with E-state index in [0.717, 1.165) is 52.3 Å². The first-order chi connectivity index (χ1) is 16.5. The fourth-order valence-electron chi connectivity index (χ4n) is 5.01. The van der Waals surface area contributed by atoms with Crippen LogP contribution in [0.5, 0.6) is 23.0 Å². The van der Waals surface area contributed by atoms with Crippen LogP contribution in [0.3, 0.4) is 0 Å². The van der Waals surface area contributed by atoms with Crippen LogP contribution in [0.2, 0.25) is 0 Å². The van der Waals surface area contributed by atoms with Gasteiger partial charge in [0.25, 0.3) is 0 Å². The number of allylic oxidation sites excluding steroid dienone is 1. The first kappa shape index (κ1) is 22.4. The number of nitrogens with one attached hydrogen (secondary N) is 1. The van der Waals surface area contributed by atoms with Gasteiger partial charge in [0.1, 0.15) is 35.2 Å². The average molecular weight is 458 g/mol. The minimum Gasteiger partial charge on any atom is -0.508 e.